The van der Waals surface area contributed by atoms with Crippen LogP contribution in [0.5, 0.6) is 11.5 Å². The van der Waals surface area contributed by atoms with Gasteiger partial charge in [-0.15, -0.1) is 0 Å². The fourth-order valence-corrected chi connectivity index (χ4v) is 2.73. The molecule has 2 amide bonds. The maximum absolute atomic E-state index is 11.8. The SMILES string of the molecule is COc1ccc(OCCNC(=O)NC2CCC(C(=O)O)CC2)cc1. The van der Waals surface area contributed by atoms with Crippen LogP contribution in [0.25, 0.3) is 0 Å². The molecule has 0 atom stereocenters. The monoisotopic (exact) mass is 336 g/mol. The van der Waals surface area contributed by atoms with Gasteiger partial charge in [-0.25, -0.2) is 4.79 Å². The molecule has 132 valence electrons. The average Bonchev–Trinajstić information content (AvgIpc) is 2.59. The van der Waals surface area contributed by atoms with E-state index in [1.54, 1.807) is 19.2 Å². The van der Waals surface area contributed by atoms with Crippen molar-refractivity contribution in [3.63, 3.8) is 0 Å². The highest BCUT2D eigenvalue weighted by molar-refractivity contribution is 5.74. The van der Waals surface area contributed by atoms with Gasteiger partial charge in [0.2, 0.25) is 0 Å². The van der Waals surface area contributed by atoms with Crippen LogP contribution < -0.4 is 20.1 Å². The van der Waals surface area contributed by atoms with E-state index < -0.39 is 5.97 Å². The van der Waals surface area contributed by atoms with Crippen LogP contribution in [0.15, 0.2) is 24.3 Å². The van der Waals surface area contributed by atoms with Crippen LogP contribution in [0.3, 0.4) is 0 Å². The molecule has 0 radical (unpaired) electrons. The fraction of sp³-hybridized carbons (Fsp3) is 0.529. The summed E-state index contributed by atoms with van der Waals surface area (Å²) in [5, 5.41) is 14.6. The fourth-order valence-electron chi connectivity index (χ4n) is 2.73. The first kappa shape index (κ1) is 17.9. The third-order valence-corrected chi connectivity index (χ3v) is 4.13. The van der Waals surface area contributed by atoms with Gasteiger partial charge in [-0.05, 0) is 49.9 Å². The normalized spacial score (nSPS) is 20.0. The van der Waals surface area contributed by atoms with E-state index in [4.69, 9.17) is 14.6 Å². The van der Waals surface area contributed by atoms with E-state index in [-0.39, 0.29) is 18.0 Å². The Morgan fingerprint density at radius 3 is 2.33 bits per heavy atom. The second-order valence-electron chi connectivity index (χ2n) is 5.81. The van der Waals surface area contributed by atoms with Gasteiger partial charge >= 0.3 is 12.0 Å². The molecule has 1 aliphatic carbocycles. The summed E-state index contributed by atoms with van der Waals surface area (Å²) in [5.41, 5.74) is 0. The smallest absolute Gasteiger partial charge is 0.315 e. The zero-order valence-electron chi connectivity index (χ0n) is 13.8. The highest BCUT2D eigenvalue weighted by atomic mass is 16.5. The van der Waals surface area contributed by atoms with Gasteiger partial charge in [0.25, 0.3) is 0 Å². The van der Waals surface area contributed by atoms with Crippen LogP contribution in [0.1, 0.15) is 25.7 Å². The van der Waals surface area contributed by atoms with E-state index >= 15 is 0 Å². The number of hydrogen-bond acceptors (Lipinski definition) is 4. The summed E-state index contributed by atoms with van der Waals surface area (Å²) in [6.07, 6.45) is 2.63. The molecule has 1 aromatic carbocycles. The molecule has 7 heteroatoms. The number of carboxylic acid groups (broad SMARTS) is 1. The van der Waals surface area contributed by atoms with Gasteiger partial charge in [-0.2, -0.15) is 0 Å². The number of nitrogens with one attached hydrogen (secondary N) is 2. The van der Waals surface area contributed by atoms with E-state index in [1.807, 2.05) is 12.1 Å². The molecule has 0 unspecified atom stereocenters. The largest absolute Gasteiger partial charge is 0.497 e. The molecule has 1 fully saturated rings. The molecule has 1 aromatic rings. The molecule has 0 aromatic heterocycles. The molecule has 3 N–H and O–H groups in total. The topological polar surface area (TPSA) is 96.9 Å². The van der Waals surface area contributed by atoms with Gasteiger partial charge in [-0.1, -0.05) is 0 Å². The molecule has 7 nitrogen and oxygen atoms in total. The highest BCUT2D eigenvalue weighted by Crippen LogP contribution is 2.24. The number of carbonyl (C=O) groups is 2. The number of benzene rings is 1. The molecule has 2 rings (SSSR count). The van der Waals surface area contributed by atoms with Crippen molar-refractivity contribution in [1.82, 2.24) is 10.6 Å². The van der Waals surface area contributed by atoms with E-state index in [1.165, 1.54) is 0 Å². The first-order chi connectivity index (χ1) is 11.6. The third-order valence-electron chi connectivity index (χ3n) is 4.13. The van der Waals surface area contributed by atoms with Crippen molar-refractivity contribution in [2.24, 2.45) is 5.92 Å². The Bertz CT molecular complexity index is 538. The third kappa shape index (κ3) is 5.64. The van der Waals surface area contributed by atoms with Gasteiger partial charge in [0.05, 0.1) is 19.6 Å². The summed E-state index contributed by atoms with van der Waals surface area (Å²) in [4.78, 5) is 22.7. The minimum atomic E-state index is -0.742. The van der Waals surface area contributed by atoms with Crippen molar-refractivity contribution >= 4 is 12.0 Å². The molecule has 1 saturated carbocycles. The molecular formula is C17H24N2O5. The Hall–Kier alpha value is -2.44. The molecule has 0 spiro atoms. The van der Waals surface area contributed by atoms with Gasteiger partial charge < -0.3 is 25.2 Å². The van der Waals surface area contributed by atoms with Crippen molar-refractivity contribution in [3.8, 4) is 11.5 Å². The summed E-state index contributed by atoms with van der Waals surface area (Å²) in [6.45, 7) is 0.758. The van der Waals surface area contributed by atoms with E-state index in [2.05, 4.69) is 10.6 Å². The van der Waals surface area contributed by atoms with Crippen LogP contribution >= 0.6 is 0 Å². The summed E-state index contributed by atoms with van der Waals surface area (Å²) in [7, 11) is 1.60. The Kier molecular flexibility index (Phi) is 6.72. The Labute approximate surface area is 141 Å². The highest BCUT2D eigenvalue weighted by Gasteiger charge is 2.26. The Morgan fingerprint density at radius 2 is 1.75 bits per heavy atom. The zero-order valence-corrected chi connectivity index (χ0v) is 13.8. The summed E-state index contributed by atoms with van der Waals surface area (Å²) < 4.78 is 10.6. The predicted molar refractivity (Wildman–Crippen MR) is 88.4 cm³/mol. The van der Waals surface area contributed by atoms with Gasteiger partial charge in [0.15, 0.2) is 0 Å². The quantitative estimate of drug-likeness (QED) is 0.662. The Morgan fingerprint density at radius 1 is 1.12 bits per heavy atom. The average molecular weight is 336 g/mol. The maximum Gasteiger partial charge on any atom is 0.315 e. The second kappa shape index (κ2) is 9.00. The first-order valence-electron chi connectivity index (χ1n) is 8.12. The zero-order chi connectivity index (χ0) is 17.4. The number of aliphatic carboxylic acids is 1. The van der Waals surface area contributed by atoms with Crippen LogP contribution in [0.2, 0.25) is 0 Å². The number of methoxy groups -OCH3 is 1. The standard InChI is InChI=1S/C17H24N2O5/c1-23-14-6-8-15(9-7-14)24-11-10-18-17(22)19-13-4-2-12(3-5-13)16(20)21/h6-9,12-13H,2-5,10-11H2,1H3,(H,20,21)(H2,18,19,22). The van der Waals surface area contributed by atoms with Crippen molar-refractivity contribution in [2.45, 2.75) is 31.7 Å². The van der Waals surface area contributed by atoms with Crippen molar-refractivity contribution in [3.05, 3.63) is 24.3 Å². The number of rotatable bonds is 7. The van der Waals surface area contributed by atoms with Crippen molar-refractivity contribution in [2.75, 3.05) is 20.3 Å². The maximum atomic E-state index is 11.8. The van der Waals surface area contributed by atoms with Crippen LogP contribution in [-0.4, -0.2) is 43.4 Å². The van der Waals surface area contributed by atoms with Crippen molar-refractivity contribution in [1.29, 1.82) is 0 Å². The first-order valence-corrected chi connectivity index (χ1v) is 8.12. The molecule has 0 saturated heterocycles. The van der Waals surface area contributed by atoms with Crippen molar-refractivity contribution < 1.29 is 24.2 Å². The lowest BCUT2D eigenvalue weighted by Gasteiger charge is -2.26. The summed E-state index contributed by atoms with van der Waals surface area (Å²) in [5.74, 6) is 0.458. The lowest BCUT2D eigenvalue weighted by Crippen LogP contribution is -2.45. The second-order valence-corrected chi connectivity index (χ2v) is 5.81. The van der Waals surface area contributed by atoms with Gasteiger partial charge in [0.1, 0.15) is 18.1 Å². The van der Waals surface area contributed by atoms with Crippen LogP contribution in [-0.2, 0) is 4.79 Å². The van der Waals surface area contributed by atoms with E-state index in [0.717, 1.165) is 5.75 Å². The minimum absolute atomic E-state index is 0.0445. The molecule has 24 heavy (non-hydrogen) atoms. The Balaban J connectivity index is 1.59. The number of carboxylic acids is 1. The molecule has 0 heterocycles. The summed E-state index contributed by atoms with van der Waals surface area (Å²) in [6, 6.07) is 7.03. The molecule has 0 bridgehead atoms. The number of hydrogen-bond donors (Lipinski definition) is 3. The van der Waals surface area contributed by atoms with Gasteiger partial charge in [0, 0.05) is 6.04 Å². The minimum Gasteiger partial charge on any atom is -0.497 e. The van der Waals surface area contributed by atoms with Gasteiger partial charge in [-0.3, -0.25) is 4.79 Å². The lowest BCUT2D eigenvalue weighted by molar-refractivity contribution is -0.142. The number of amides is 2. The van der Waals surface area contributed by atoms with Crippen LogP contribution in [0.4, 0.5) is 4.79 Å². The molecule has 0 aliphatic heterocycles. The van der Waals surface area contributed by atoms with E-state index in [9.17, 15) is 9.59 Å². The number of ether oxygens (including phenoxy) is 2. The number of carbonyl (C=O) groups excluding carboxylic acids is 1. The number of urea groups is 1. The summed E-state index contributed by atoms with van der Waals surface area (Å²) >= 11 is 0. The molecule has 1 aliphatic rings. The van der Waals surface area contributed by atoms with E-state index in [0.29, 0.717) is 44.6 Å². The predicted octanol–water partition coefficient (Wildman–Crippen LogP) is 2.02. The molecular weight excluding hydrogens is 312 g/mol. The lowest BCUT2D eigenvalue weighted by atomic mass is 9.86. The van der Waals surface area contributed by atoms with Crippen LogP contribution in [0, 0.1) is 5.92 Å².